The highest BCUT2D eigenvalue weighted by Crippen LogP contribution is 2.21. The van der Waals surface area contributed by atoms with Crippen LogP contribution in [0, 0.1) is 11.3 Å². The number of aryl methyl sites for hydroxylation is 1. The number of hydrogen-bond donors (Lipinski definition) is 2. The largest absolute Gasteiger partial charge is 0.492 e. The predicted octanol–water partition coefficient (Wildman–Crippen LogP) is 2.00. The minimum absolute atomic E-state index is 0.0420. The maximum Gasteiger partial charge on any atom is 0.193 e. The molecule has 2 N–H and O–H groups in total. The van der Waals surface area contributed by atoms with Crippen molar-refractivity contribution in [3.05, 3.63) is 50.8 Å². The summed E-state index contributed by atoms with van der Waals surface area (Å²) in [5.41, 5.74) is 0.631. The molecule has 0 fully saturated rings. The lowest BCUT2D eigenvalue weighted by atomic mass is 10.1. The normalized spacial score (nSPS) is 14.9. The van der Waals surface area contributed by atoms with Gasteiger partial charge in [-0.25, -0.2) is 0 Å². The Hall–Kier alpha value is -2.37. The van der Waals surface area contributed by atoms with E-state index >= 15 is 0 Å². The van der Waals surface area contributed by atoms with Crippen LogP contribution in [0.2, 0.25) is 0 Å². The van der Waals surface area contributed by atoms with Crippen molar-refractivity contribution in [2.75, 3.05) is 19.8 Å². The van der Waals surface area contributed by atoms with Gasteiger partial charge in [-0.05, 0) is 25.7 Å². The van der Waals surface area contributed by atoms with Crippen LogP contribution in [0.15, 0.2) is 34.1 Å². The Morgan fingerprint density at radius 2 is 2.28 bits per heavy atom. The summed E-state index contributed by atoms with van der Waals surface area (Å²) in [6, 6.07) is 3.61. The number of allylic oxidation sites excluding steroid dienone is 2. The molecule has 1 unspecified atom stereocenters. The van der Waals surface area contributed by atoms with Gasteiger partial charge >= 0.3 is 0 Å². The number of aliphatic hydroxyl groups is 2. The van der Waals surface area contributed by atoms with Crippen LogP contribution in [0.4, 0.5) is 0 Å². The molecule has 7 nitrogen and oxygen atoms in total. The molecule has 1 aliphatic rings. The number of rotatable bonds is 11. The lowest BCUT2D eigenvalue weighted by Gasteiger charge is -2.17. The van der Waals surface area contributed by atoms with E-state index in [0.717, 1.165) is 6.42 Å². The summed E-state index contributed by atoms with van der Waals surface area (Å²) in [6.45, 7) is 5.39. The summed E-state index contributed by atoms with van der Waals surface area (Å²) in [4.78, 5) is 17.4. The van der Waals surface area contributed by atoms with E-state index < -0.39 is 6.10 Å². The van der Waals surface area contributed by atoms with E-state index in [2.05, 4.69) is 17.6 Å². The zero-order valence-electron chi connectivity index (χ0n) is 18.0. The maximum absolute atomic E-state index is 13.1. The molecule has 0 saturated heterocycles. The van der Waals surface area contributed by atoms with Crippen LogP contribution in [0.1, 0.15) is 38.3 Å². The average molecular weight is 480 g/mol. The summed E-state index contributed by atoms with van der Waals surface area (Å²) < 4.78 is 7.36. The van der Waals surface area contributed by atoms with Crippen molar-refractivity contribution in [3.8, 4) is 6.07 Å². The van der Waals surface area contributed by atoms with Crippen LogP contribution >= 0.6 is 23.2 Å². The molecule has 2 rings (SSSR count). The second kappa shape index (κ2) is 12.6. The Kier molecular flexibility index (Phi) is 10.2. The van der Waals surface area contributed by atoms with Gasteiger partial charge in [0.05, 0.1) is 39.9 Å². The van der Waals surface area contributed by atoms with Crippen molar-refractivity contribution in [2.24, 2.45) is 4.99 Å². The first-order chi connectivity index (χ1) is 15.4. The molecule has 1 aromatic rings. The van der Waals surface area contributed by atoms with Gasteiger partial charge in [-0.3, -0.25) is 9.79 Å². The number of fused-ring (bicyclic) bond motifs is 1. The lowest BCUT2D eigenvalue weighted by molar-refractivity contribution is 0.0690. The lowest BCUT2D eigenvalue weighted by Crippen LogP contribution is -2.48. The van der Waals surface area contributed by atoms with E-state index in [0.29, 0.717) is 35.9 Å². The SMILES string of the molecule is C=CCC/C(C#N)=C(\Cl)n1c(CCC)cc(=O)c2c1=C(Cl)C=NCC=2OCC(O)CCO. The van der Waals surface area contributed by atoms with Gasteiger partial charge in [0.2, 0.25) is 0 Å². The molecule has 1 atom stereocenters. The summed E-state index contributed by atoms with van der Waals surface area (Å²) in [5.74, 6) is 0.236. The third-order valence-corrected chi connectivity index (χ3v) is 5.51. The number of pyridine rings is 1. The van der Waals surface area contributed by atoms with Crippen molar-refractivity contribution in [1.82, 2.24) is 4.57 Å². The van der Waals surface area contributed by atoms with E-state index in [9.17, 15) is 15.2 Å². The Balaban J connectivity index is 2.90. The second-order valence-corrected chi connectivity index (χ2v) is 8.00. The number of aliphatic hydroxyl groups excluding tert-OH is 2. The fourth-order valence-electron chi connectivity index (χ4n) is 3.30. The Bertz CT molecular complexity index is 1130. The fraction of sp³-hybridized carbons (Fsp3) is 0.435. The molecule has 2 heterocycles. The van der Waals surface area contributed by atoms with E-state index in [1.807, 2.05) is 6.92 Å². The maximum atomic E-state index is 13.1. The van der Waals surface area contributed by atoms with E-state index in [-0.39, 0.29) is 52.8 Å². The number of aromatic nitrogens is 1. The Morgan fingerprint density at radius 1 is 1.53 bits per heavy atom. The third-order valence-electron chi connectivity index (χ3n) is 4.83. The number of ether oxygens (including phenoxy) is 1. The highest BCUT2D eigenvalue weighted by Gasteiger charge is 2.19. The predicted molar refractivity (Wildman–Crippen MR) is 128 cm³/mol. The number of aliphatic imine (C=N–C) groups is 1. The van der Waals surface area contributed by atoms with Crippen molar-refractivity contribution in [3.63, 3.8) is 0 Å². The first-order valence-electron chi connectivity index (χ1n) is 10.4. The van der Waals surface area contributed by atoms with Crippen LogP contribution in [0.5, 0.6) is 0 Å². The highest BCUT2D eigenvalue weighted by atomic mass is 35.5. The number of halogens is 2. The summed E-state index contributed by atoms with van der Waals surface area (Å²) in [5, 5.41) is 29.4. The van der Waals surface area contributed by atoms with E-state index in [1.165, 1.54) is 12.3 Å². The molecule has 172 valence electrons. The van der Waals surface area contributed by atoms with Gasteiger partial charge in [0.15, 0.2) is 5.43 Å². The first kappa shape index (κ1) is 25.9. The summed E-state index contributed by atoms with van der Waals surface area (Å²) in [7, 11) is 0. The molecular formula is C23H27Cl2N3O4. The zero-order valence-corrected chi connectivity index (χ0v) is 19.5. The molecular weight excluding hydrogens is 453 g/mol. The van der Waals surface area contributed by atoms with Crippen LogP contribution < -0.4 is 16.0 Å². The van der Waals surface area contributed by atoms with Gasteiger partial charge in [-0.1, -0.05) is 42.6 Å². The molecule has 1 aliphatic heterocycles. The third kappa shape index (κ3) is 6.11. The highest BCUT2D eigenvalue weighted by molar-refractivity contribution is 6.57. The van der Waals surface area contributed by atoms with Crippen LogP contribution in [-0.2, 0) is 11.2 Å². The molecule has 0 saturated carbocycles. The molecule has 9 heteroatoms. The van der Waals surface area contributed by atoms with E-state index in [4.69, 9.17) is 33.0 Å². The van der Waals surface area contributed by atoms with Gasteiger partial charge in [-0.15, -0.1) is 6.58 Å². The Labute approximate surface area is 196 Å². The smallest absolute Gasteiger partial charge is 0.193 e. The second-order valence-electron chi connectivity index (χ2n) is 7.24. The molecule has 32 heavy (non-hydrogen) atoms. The minimum atomic E-state index is -0.906. The molecule has 0 aliphatic carbocycles. The van der Waals surface area contributed by atoms with Gasteiger partial charge in [0.25, 0.3) is 0 Å². The van der Waals surface area contributed by atoms with Crippen LogP contribution in [0.25, 0.3) is 15.9 Å². The average Bonchev–Trinajstić information content (AvgIpc) is 2.92. The van der Waals surface area contributed by atoms with Crippen molar-refractivity contribution in [2.45, 2.75) is 45.1 Å². The fourth-order valence-corrected chi connectivity index (χ4v) is 3.88. The quantitative estimate of drug-likeness (QED) is 0.372. The van der Waals surface area contributed by atoms with Gasteiger partial charge in [-0.2, -0.15) is 5.26 Å². The first-order valence-corrected chi connectivity index (χ1v) is 11.1. The summed E-state index contributed by atoms with van der Waals surface area (Å²) in [6.07, 6.45) is 4.57. The number of nitrogens with zero attached hydrogens (tertiary/aromatic N) is 3. The van der Waals surface area contributed by atoms with Crippen LogP contribution in [-0.4, -0.2) is 46.9 Å². The van der Waals surface area contributed by atoms with Crippen LogP contribution in [0.3, 0.4) is 0 Å². The van der Waals surface area contributed by atoms with Gasteiger partial charge in [0, 0.05) is 24.6 Å². The minimum Gasteiger partial charge on any atom is -0.492 e. The zero-order chi connectivity index (χ0) is 23.7. The van der Waals surface area contributed by atoms with E-state index in [1.54, 1.807) is 10.6 Å². The van der Waals surface area contributed by atoms with Gasteiger partial charge in [0.1, 0.15) is 17.5 Å². The van der Waals surface area contributed by atoms with Crippen molar-refractivity contribution < 1.29 is 14.9 Å². The Morgan fingerprint density at radius 3 is 2.91 bits per heavy atom. The van der Waals surface area contributed by atoms with Crippen molar-refractivity contribution in [1.29, 1.82) is 5.26 Å². The molecule has 0 aromatic carbocycles. The molecule has 1 aromatic heterocycles. The molecule has 0 radical (unpaired) electrons. The molecule has 0 bridgehead atoms. The summed E-state index contributed by atoms with van der Waals surface area (Å²) >= 11 is 13.3. The van der Waals surface area contributed by atoms with Crippen molar-refractivity contribution >= 4 is 45.4 Å². The number of nitriles is 1. The monoisotopic (exact) mass is 479 g/mol. The standard InChI is InChI=1S/C23H27Cl2N3O4/c1-3-5-7-15(11-26)23(25)28-16(6-4-2)10-19(31)21-20(32-14-17(30)8-9-29)13-27-12-18(24)22(21)28/h3,10,12,17,29-30H,1,4-9,13-14H2,2H3/b23-15-. The molecule has 0 amide bonds. The number of hydrogen-bond acceptors (Lipinski definition) is 6. The topological polar surface area (TPSA) is 108 Å². The molecule has 0 spiro atoms. The van der Waals surface area contributed by atoms with Gasteiger partial charge < -0.3 is 19.5 Å².